The topological polar surface area (TPSA) is 125 Å². The van der Waals surface area contributed by atoms with Gasteiger partial charge in [-0.25, -0.2) is 17.5 Å². The molecule has 0 saturated carbocycles. The summed E-state index contributed by atoms with van der Waals surface area (Å²) in [5, 5.41) is 6.20. The number of likely N-dealkylation sites (tertiary alicyclic amines) is 1. The predicted molar refractivity (Wildman–Crippen MR) is 162 cm³/mol. The number of anilines is 3. The summed E-state index contributed by atoms with van der Waals surface area (Å²) in [4.78, 5) is 39.5. The molecule has 1 saturated heterocycles. The molecule has 42 heavy (non-hydrogen) atoms. The van der Waals surface area contributed by atoms with Crippen LogP contribution in [0.2, 0.25) is 0 Å². The molecule has 0 bridgehead atoms. The molecule has 3 aromatic carbocycles. The summed E-state index contributed by atoms with van der Waals surface area (Å²) in [7, 11) is -3.77. The summed E-state index contributed by atoms with van der Waals surface area (Å²) in [5.41, 5.74) is 4.09. The van der Waals surface area contributed by atoms with Crippen LogP contribution in [-0.4, -0.2) is 63.6 Å². The van der Waals surface area contributed by atoms with E-state index < -0.39 is 22.2 Å². The average molecular weight is 589 g/mol. The summed E-state index contributed by atoms with van der Waals surface area (Å²) >= 11 is 0. The number of carbonyl (C=O) groups is 3. The minimum absolute atomic E-state index is 0.240. The molecule has 1 fully saturated rings. The fourth-order valence-corrected chi connectivity index (χ4v) is 6.40. The second kappa shape index (κ2) is 12.2. The summed E-state index contributed by atoms with van der Waals surface area (Å²) in [6, 6.07) is 21.0. The van der Waals surface area contributed by atoms with Crippen molar-refractivity contribution in [2.24, 2.45) is 0 Å². The molecule has 2 heterocycles. The number of nitrogens with zero attached hydrogens (tertiary/aromatic N) is 2. The Bertz CT molecular complexity index is 1630. The fraction of sp³-hybridized carbons (Fsp3) is 0.258. The van der Waals surface area contributed by atoms with E-state index in [1.165, 1.54) is 0 Å². The highest BCUT2D eigenvalue weighted by Gasteiger charge is 2.33. The smallest absolute Gasteiger partial charge is 0.338 e. The van der Waals surface area contributed by atoms with E-state index in [-0.39, 0.29) is 12.5 Å². The van der Waals surface area contributed by atoms with Crippen molar-refractivity contribution in [3.8, 4) is 0 Å². The van der Waals surface area contributed by atoms with Gasteiger partial charge in [-0.15, -0.1) is 0 Å². The minimum Gasteiger partial charge on any atom is -0.462 e. The van der Waals surface area contributed by atoms with E-state index in [1.54, 1.807) is 49.4 Å². The third kappa shape index (κ3) is 5.93. The molecular formula is C31H32N4O6S. The van der Waals surface area contributed by atoms with Crippen molar-refractivity contribution in [1.82, 2.24) is 4.90 Å². The maximum absolute atomic E-state index is 13.3. The van der Waals surface area contributed by atoms with Crippen LogP contribution in [0.4, 0.5) is 17.1 Å². The van der Waals surface area contributed by atoms with E-state index >= 15 is 0 Å². The maximum atomic E-state index is 13.3. The van der Waals surface area contributed by atoms with Gasteiger partial charge in [0, 0.05) is 24.3 Å². The number of carbonyl (C=O) groups excluding carboxylic acids is 3. The van der Waals surface area contributed by atoms with Gasteiger partial charge in [-0.05, 0) is 61.7 Å². The Morgan fingerprint density at radius 3 is 2.36 bits per heavy atom. The normalized spacial score (nSPS) is 16.8. The predicted octanol–water partition coefficient (Wildman–Crippen LogP) is 4.18. The zero-order valence-corrected chi connectivity index (χ0v) is 24.2. The van der Waals surface area contributed by atoms with Crippen LogP contribution in [0.5, 0.6) is 0 Å². The highest BCUT2D eigenvalue weighted by atomic mass is 32.2. The number of amides is 1. The van der Waals surface area contributed by atoms with Gasteiger partial charge in [0.25, 0.3) is 5.91 Å². The summed E-state index contributed by atoms with van der Waals surface area (Å²) < 4.78 is 31.9. The molecule has 1 unspecified atom stereocenters. The number of sulfonamides is 1. The number of fused-ring (bicyclic) bond motifs is 1. The van der Waals surface area contributed by atoms with Crippen molar-refractivity contribution in [3.63, 3.8) is 0 Å². The highest BCUT2D eigenvalue weighted by Crippen LogP contribution is 2.38. The van der Waals surface area contributed by atoms with E-state index in [0.717, 1.165) is 29.0 Å². The number of ether oxygens (including phenoxy) is 1. The zero-order chi connectivity index (χ0) is 29.9. The molecule has 0 aliphatic carbocycles. The summed E-state index contributed by atoms with van der Waals surface area (Å²) in [5.74, 6) is -0.810. The molecule has 1 atom stereocenters. The van der Waals surface area contributed by atoms with Crippen LogP contribution < -0.4 is 14.9 Å². The molecule has 3 aromatic rings. The maximum Gasteiger partial charge on any atom is 0.338 e. The SMILES string of the molecule is CCOC(=O)c1ccc2c(c1)NC(=O)C2=C(Nc1ccc(N(C(C=O)N2CCCC2)S(C)(=O)=O)cc1)c1ccccc1. The van der Waals surface area contributed by atoms with E-state index in [2.05, 4.69) is 10.6 Å². The third-order valence-electron chi connectivity index (χ3n) is 7.21. The first-order chi connectivity index (χ1) is 20.2. The van der Waals surface area contributed by atoms with Gasteiger partial charge in [0.2, 0.25) is 10.0 Å². The molecule has 2 aliphatic rings. The van der Waals surface area contributed by atoms with Gasteiger partial charge in [-0.3, -0.25) is 14.5 Å². The van der Waals surface area contributed by atoms with Crippen LogP contribution in [0.3, 0.4) is 0 Å². The Balaban J connectivity index is 1.52. The molecular weight excluding hydrogens is 556 g/mol. The zero-order valence-electron chi connectivity index (χ0n) is 23.4. The van der Waals surface area contributed by atoms with Crippen molar-refractivity contribution in [2.75, 3.05) is 40.9 Å². The average Bonchev–Trinajstić information content (AvgIpc) is 3.62. The van der Waals surface area contributed by atoms with Crippen molar-refractivity contribution < 1.29 is 27.5 Å². The van der Waals surface area contributed by atoms with Crippen LogP contribution in [0, 0.1) is 0 Å². The molecule has 10 nitrogen and oxygen atoms in total. The lowest BCUT2D eigenvalue weighted by Crippen LogP contribution is -2.51. The second-order valence-electron chi connectivity index (χ2n) is 10.1. The number of nitrogens with one attached hydrogen (secondary N) is 2. The van der Waals surface area contributed by atoms with E-state index in [1.807, 2.05) is 35.2 Å². The minimum atomic E-state index is -3.77. The van der Waals surface area contributed by atoms with Gasteiger partial charge >= 0.3 is 5.97 Å². The second-order valence-corrected chi connectivity index (χ2v) is 11.9. The van der Waals surface area contributed by atoms with Gasteiger partial charge in [-0.1, -0.05) is 36.4 Å². The molecule has 2 N–H and O–H groups in total. The van der Waals surface area contributed by atoms with Gasteiger partial charge < -0.3 is 15.4 Å². The first-order valence-corrected chi connectivity index (χ1v) is 15.5. The Hall–Kier alpha value is -4.48. The first-order valence-electron chi connectivity index (χ1n) is 13.7. The lowest BCUT2D eigenvalue weighted by atomic mass is 9.99. The quantitative estimate of drug-likeness (QED) is 0.205. The van der Waals surface area contributed by atoms with Gasteiger partial charge in [-0.2, -0.15) is 0 Å². The number of aldehydes is 1. The van der Waals surface area contributed by atoms with Crippen molar-refractivity contribution >= 4 is 56.5 Å². The van der Waals surface area contributed by atoms with Crippen LogP contribution in [0.25, 0.3) is 11.3 Å². The molecule has 2 aliphatic heterocycles. The molecule has 218 valence electrons. The Kier molecular flexibility index (Phi) is 8.41. The number of benzene rings is 3. The van der Waals surface area contributed by atoms with Crippen LogP contribution in [0.1, 0.15) is 41.3 Å². The Morgan fingerprint density at radius 2 is 1.74 bits per heavy atom. The molecule has 11 heteroatoms. The molecule has 5 rings (SSSR count). The first kappa shape index (κ1) is 29.0. The van der Waals surface area contributed by atoms with Gasteiger partial charge in [0.15, 0.2) is 12.5 Å². The standard InChI is InChI=1S/C31H32N4O6S/c1-3-41-31(38)22-11-16-25-26(19-22)33-30(37)28(25)29(21-9-5-4-6-10-21)32-23-12-14-24(15-13-23)35(42(2,39)40)27(20-36)34-17-7-8-18-34/h4-6,9-16,19-20,27,32H,3,7-8,17-18H2,1-2H3,(H,33,37). The number of hydrogen-bond acceptors (Lipinski definition) is 8. The molecule has 1 amide bonds. The Morgan fingerprint density at radius 1 is 1.05 bits per heavy atom. The van der Waals surface area contributed by atoms with E-state index in [0.29, 0.717) is 58.8 Å². The lowest BCUT2D eigenvalue weighted by molar-refractivity contribution is -0.112. The van der Waals surface area contributed by atoms with Gasteiger partial charge in [0.1, 0.15) is 0 Å². The largest absolute Gasteiger partial charge is 0.462 e. The van der Waals surface area contributed by atoms with E-state index in [9.17, 15) is 22.8 Å². The number of rotatable bonds is 10. The molecule has 0 radical (unpaired) electrons. The molecule has 0 aromatic heterocycles. The van der Waals surface area contributed by atoms with Crippen molar-refractivity contribution in [3.05, 3.63) is 89.5 Å². The summed E-state index contributed by atoms with van der Waals surface area (Å²) in [6.07, 6.45) is 2.64. The monoisotopic (exact) mass is 588 g/mol. The molecule has 0 spiro atoms. The van der Waals surface area contributed by atoms with Crippen molar-refractivity contribution in [1.29, 1.82) is 0 Å². The van der Waals surface area contributed by atoms with Crippen LogP contribution >= 0.6 is 0 Å². The summed E-state index contributed by atoms with van der Waals surface area (Å²) in [6.45, 7) is 3.26. The fourth-order valence-electron chi connectivity index (χ4n) is 5.32. The number of hydrogen-bond donors (Lipinski definition) is 2. The highest BCUT2D eigenvalue weighted by molar-refractivity contribution is 7.92. The Labute approximate surface area is 245 Å². The van der Waals surface area contributed by atoms with Crippen LogP contribution in [-0.2, 0) is 24.3 Å². The van der Waals surface area contributed by atoms with Crippen molar-refractivity contribution in [2.45, 2.75) is 25.9 Å². The van der Waals surface area contributed by atoms with Gasteiger partial charge in [0.05, 0.1) is 41.1 Å². The van der Waals surface area contributed by atoms with Crippen LogP contribution in [0.15, 0.2) is 72.8 Å². The lowest BCUT2D eigenvalue weighted by Gasteiger charge is -2.33. The third-order valence-corrected chi connectivity index (χ3v) is 8.35. The number of esters is 1. The van der Waals surface area contributed by atoms with E-state index in [4.69, 9.17) is 4.74 Å².